The molecule has 1 aliphatic rings. The van der Waals surface area contributed by atoms with Crippen LogP contribution in [0.15, 0.2) is 30.6 Å². The van der Waals surface area contributed by atoms with Gasteiger partial charge in [0.2, 0.25) is 5.91 Å². The van der Waals surface area contributed by atoms with Crippen molar-refractivity contribution in [2.24, 2.45) is 5.92 Å². The van der Waals surface area contributed by atoms with Gasteiger partial charge in [0.05, 0.1) is 23.9 Å². The first-order valence-electron chi connectivity index (χ1n) is 10.3. The Kier molecular flexibility index (Phi) is 5.57. The molecule has 1 atom stereocenters. The van der Waals surface area contributed by atoms with Crippen LogP contribution >= 0.6 is 0 Å². The number of carbonyl (C=O) groups is 2. The van der Waals surface area contributed by atoms with Gasteiger partial charge in [-0.05, 0) is 56.4 Å². The maximum atomic E-state index is 13.5. The Hall–Kier alpha value is -3.16. The maximum Gasteiger partial charge on any atom is 0.254 e. The summed E-state index contributed by atoms with van der Waals surface area (Å²) in [7, 11) is 0. The van der Waals surface area contributed by atoms with Crippen molar-refractivity contribution >= 4 is 22.7 Å². The summed E-state index contributed by atoms with van der Waals surface area (Å²) in [5.41, 5.74) is 3.12. The second kappa shape index (κ2) is 8.30. The highest BCUT2D eigenvalue weighted by Gasteiger charge is 2.25. The molecule has 1 unspecified atom stereocenters. The monoisotopic (exact) mass is 411 g/mol. The zero-order chi connectivity index (χ0) is 21.3. The number of carbonyl (C=O) groups excluding carboxylic acids is 2. The molecule has 2 aromatic heterocycles. The van der Waals surface area contributed by atoms with E-state index in [1.165, 1.54) is 12.1 Å². The van der Waals surface area contributed by atoms with Crippen molar-refractivity contribution in [3.05, 3.63) is 53.2 Å². The molecule has 0 saturated carbocycles. The number of nitrogens with one attached hydrogen (secondary N) is 3. The Morgan fingerprint density at radius 3 is 3.00 bits per heavy atom. The van der Waals surface area contributed by atoms with Crippen LogP contribution in [0.4, 0.5) is 4.39 Å². The van der Waals surface area contributed by atoms with Gasteiger partial charge in [-0.25, -0.2) is 4.39 Å². The van der Waals surface area contributed by atoms with E-state index in [1.54, 1.807) is 18.5 Å². The minimum absolute atomic E-state index is 0.0599. The molecule has 4 rings (SSSR count). The molecule has 3 aromatic rings. The summed E-state index contributed by atoms with van der Waals surface area (Å²) in [5, 5.41) is 11.0. The van der Waals surface area contributed by atoms with Crippen LogP contribution in [0.1, 0.15) is 41.9 Å². The molecule has 30 heavy (non-hydrogen) atoms. The van der Waals surface area contributed by atoms with Gasteiger partial charge >= 0.3 is 0 Å². The van der Waals surface area contributed by atoms with Gasteiger partial charge in [0, 0.05) is 36.2 Å². The van der Waals surface area contributed by atoms with Crippen molar-refractivity contribution in [2.75, 3.05) is 6.54 Å². The number of benzene rings is 1. The quantitative estimate of drug-likeness (QED) is 0.582. The van der Waals surface area contributed by atoms with Crippen LogP contribution in [0.5, 0.6) is 0 Å². The SMILES string of the molecule is CC(C)NC(=O)c1cnn2c1CC(CNC(=O)Cc1c[nH]c3ccc(F)cc13)CC2. The predicted molar refractivity (Wildman–Crippen MR) is 112 cm³/mol. The first-order valence-corrected chi connectivity index (χ1v) is 10.3. The lowest BCUT2D eigenvalue weighted by molar-refractivity contribution is -0.120. The van der Waals surface area contributed by atoms with Gasteiger partial charge in [-0.15, -0.1) is 0 Å². The van der Waals surface area contributed by atoms with E-state index in [-0.39, 0.29) is 36.0 Å². The molecule has 0 spiro atoms. The lowest BCUT2D eigenvalue weighted by atomic mass is 9.94. The lowest BCUT2D eigenvalue weighted by Gasteiger charge is -2.24. The maximum absolute atomic E-state index is 13.5. The number of aromatic amines is 1. The average molecular weight is 411 g/mol. The van der Waals surface area contributed by atoms with Crippen LogP contribution < -0.4 is 10.6 Å². The molecule has 7 nitrogen and oxygen atoms in total. The third-order valence-electron chi connectivity index (χ3n) is 5.51. The Morgan fingerprint density at radius 2 is 2.20 bits per heavy atom. The Labute approximate surface area is 174 Å². The topological polar surface area (TPSA) is 91.8 Å². The van der Waals surface area contributed by atoms with Crippen molar-refractivity contribution in [1.29, 1.82) is 0 Å². The molecular weight excluding hydrogens is 385 g/mol. The van der Waals surface area contributed by atoms with E-state index in [0.29, 0.717) is 18.5 Å². The number of fused-ring (bicyclic) bond motifs is 2. The largest absolute Gasteiger partial charge is 0.361 e. The molecule has 0 bridgehead atoms. The van der Waals surface area contributed by atoms with E-state index >= 15 is 0 Å². The molecule has 158 valence electrons. The van der Waals surface area contributed by atoms with E-state index in [4.69, 9.17) is 0 Å². The number of hydrogen-bond donors (Lipinski definition) is 3. The molecule has 0 saturated heterocycles. The van der Waals surface area contributed by atoms with Crippen LogP contribution in [0.3, 0.4) is 0 Å². The summed E-state index contributed by atoms with van der Waals surface area (Å²) < 4.78 is 15.4. The highest BCUT2D eigenvalue weighted by Crippen LogP contribution is 2.23. The third kappa shape index (κ3) is 4.22. The molecule has 1 aliphatic heterocycles. The van der Waals surface area contributed by atoms with Gasteiger partial charge < -0.3 is 15.6 Å². The molecule has 0 radical (unpaired) electrons. The minimum atomic E-state index is -0.320. The van der Waals surface area contributed by atoms with Gasteiger partial charge in [-0.1, -0.05) is 0 Å². The molecule has 0 aliphatic carbocycles. The van der Waals surface area contributed by atoms with Crippen molar-refractivity contribution in [3.8, 4) is 0 Å². The number of H-pyrrole nitrogens is 1. The van der Waals surface area contributed by atoms with E-state index in [1.807, 2.05) is 18.5 Å². The summed E-state index contributed by atoms with van der Waals surface area (Å²) in [6.07, 6.45) is 5.15. The molecule has 8 heteroatoms. The lowest BCUT2D eigenvalue weighted by Crippen LogP contribution is -2.35. The summed E-state index contributed by atoms with van der Waals surface area (Å²) >= 11 is 0. The first kappa shape index (κ1) is 20.1. The average Bonchev–Trinajstić information content (AvgIpc) is 3.29. The van der Waals surface area contributed by atoms with Crippen LogP contribution in [-0.2, 0) is 24.2 Å². The molecule has 3 N–H and O–H groups in total. The number of aryl methyl sites for hydroxylation is 1. The predicted octanol–water partition coefficient (Wildman–Crippen LogP) is 2.56. The van der Waals surface area contributed by atoms with Crippen LogP contribution in [-0.4, -0.2) is 39.2 Å². The second-order valence-corrected chi connectivity index (χ2v) is 8.20. The van der Waals surface area contributed by atoms with E-state index < -0.39 is 0 Å². The van der Waals surface area contributed by atoms with E-state index in [9.17, 15) is 14.0 Å². The summed E-state index contributed by atoms with van der Waals surface area (Å²) in [5.74, 6) is -0.288. The highest BCUT2D eigenvalue weighted by molar-refractivity contribution is 5.95. The number of nitrogens with zero attached hydrogens (tertiary/aromatic N) is 2. The van der Waals surface area contributed by atoms with E-state index in [2.05, 4.69) is 20.7 Å². The zero-order valence-electron chi connectivity index (χ0n) is 17.2. The Bertz CT molecular complexity index is 1080. The number of amides is 2. The van der Waals surface area contributed by atoms with Crippen molar-refractivity contribution in [2.45, 2.75) is 45.7 Å². The molecule has 1 aromatic carbocycles. The number of hydrogen-bond acceptors (Lipinski definition) is 3. The van der Waals surface area contributed by atoms with Gasteiger partial charge in [0.1, 0.15) is 5.82 Å². The molecule has 3 heterocycles. The number of aromatic nitrogens is 3. The number of halogens is 1. The summed E-state index contributed by atoms with van der Waals surface area (Å²) in [4.78, 5) is 27.9. The Balaban J connectivity index is 1.36. The van der Waals surface area contributed by atoms with Crippen LogP contribution in [0.25, 0.3) is 10.9 Å². The minimum Gasteiger partial charge on any atom is -0.361 e. The summed E-state index contributed by atoms with van der Waals surface area (Å²) in [6.45, 7) is 5.11. The smallest absolute Gasteiger partial charge is 0.254 e. The number of rotatable bonds is 6. The standard InChI is InChI=1S/C22H26FN5O2/c1-13(2)27-22(30)18-12-26-28-6-5-14(7-20(18)28)10-25-21(29)8-15-11-24-19-4-3-16(23)9-17(15)19/h3-4,9,11-14,24H,5-8,10H2,1-2H3,(H,25,29)(H,27,30). The molecule has 0 fully saturated rings. The third-order valence-corrected chi connectivity index (χ3v) is 5.51. The van der Waals surface area contributed by atoms with Gasteiger partial charge in [-0.2, -0.15) is 5.10 Å². The fraction of sp³-hybridized carbons (Fsp3) is 0.409. The van der Waals surface area contributed by atoms with E-state index in [0.717, 1.165) is 35.1 Å². The Morgan fingerprint density at radius 1 is 1.37 bits per heavy atom. The van der Waals surface area contributed by atoms with Crippen LogP contribution in [0.2, 0.25) is 0 Å². The summed E-state index contributed by atoms with van der Waals surface area (Å²) in [6, 6.07) is 4.57. The molecular formula is C22H26FN5O2. The zero-order valence-corrected chi connectivity index (χ0v) is 17.2. The first-order chi connectivity index (χ1) is 14.4. The van der Waals surface area contributed by atoms with Gasteiger partial charge in [-0.3, -0.25) is 14.3 Å². The normalized spacial score (nSPS) is 15.9. The van der Waals surface area contributed by atoms with Crippen LogP contribution in [0, 0.1) is 11.7 Å². The molecule has 2 amide bonds. The second-order valence-electron chi connectivity index (χ2n) is 8.20. The fourth-order valence-corrected chi connectivity index (χ4v) is 3.99. The van der Waals surface area contributed by atoms with Crippen molar-refractivity contribution in [3.63, 3.8) is 0 Å². The van der Waals surface area contributed by atoms with Gasteiger partial charge in [0.15, 0.2) is 0 Å². The van der Waals surface area contributed by atoms with Crippen molar-refractivity contribution < 1.29 is 14.0 Å². The highest BCUT2D eigenvalue weighted by atomic mass is 19.1. The fourth-order valence-electron chi connectivity index (χ4n) is 3.99. The van der Waals surface area contributed by atoms with Gasteiger partial charge in [0.25, 0.3) is 5.91 Å². The van der Waals surface area contributed by atoms with Crippen molar-refractivity contribution in [1.82, 2.24) is 25.4 Å².